The van der Waals surface area contributed by atoms with Gasteiger partial charge in [-0.2, -0.15) is 5.10 Å². The molecule has 0 atom stereocenters. The number of thiophene rings is 1. The first kappa shape index (κ1) is 20.9. The Morgan fingerprint density at radius 1 is 1.07 bits per heavy atom. The van der Waals surface area contributed by atoms with Gasteiger partial charge in [-0.1, -0.05) is 18.2 Å². The zero-order chi connectivity index (χ0) is 21.5. The van der Waals surface area contributed by atoms with E-state index >= 15 is 0 Å². The van der Waals surface area contributed by atoms with Gasteiger partial charge in [-0.05, 0) is 35.7 Å². The Kier molecular flexibility index (Phi) is 6.66. The molecular weight excluding hydrogens is 406 g/mol. The lowest BCUT2D eigenvalue weighted by atomic mass is 10.1. The summed E-state index contributed by atoms with van der Waals surface area (Å²) in [7, 11) is 2.86. The van der Waals surface area contributed by atoms with Gasteiger partial charge < -0.3 is 19.9 Å². The second-order valence-electron chi connectivity index (χ2n) is 5.95. The second kappa shape index (κ2) is 9.57. The molecule has 0 aliphatic heterocycles. The molecule has 0 unspecified atom stereocenters. The van der Waals surface area contributed by atoms with Crippen molar-refractivity contribution in [3.63, 3.8) is 0 Å². The van der Waals surface area contributed by atoms with Gasteiger partial charge in [0.2, 0.25) is 5.75 Å². The number of phenols is 1. The van der Waals surface area contributed by atoms with Crippen molar-refractivity contribution in [1.82, 2.24) is 5.43 Å². The van der Waals surface area contributed by atoms with Gasteiger partial charge in [-0.3, -0.25) is 9.59 Å². The summed E-state index contributed by atoms with van der Waals surface area (Å²) >= 11 is 1.31. The lowest BCUT2D eigenvalue weighted by Gasteiger charge is -2.10. The molecule has 154 valence electrons. The van der Waals surface area contributed by atoms with Crippen LogP contribution >= 0.6 is 11.3 Å². The summed E-state index contributed by atoms with van der Waals surface area (Å²) in [5, 5.41) is 18.4. The number of anilines is 1. The Morgan fingerprint density at radius 2 is 1.87 bits per heavy atom. The average molecular weight is 425 g/mol. The maximum Gasteiger partial charge on any atom is 0.273 e. The van der Waals surface area contributed by atoms with Crippen LogP contribution in [0.4, 0.5) is 5.69 Å². The molecule has 1 aromatic heterocycles. The molecule has 0 aliphatic carbocycles. The maximum atomic E-state index is 12.5. The van der Waals surface area contributed by atoms with E-state index in [0.29, 0.717) is 21.9 Å². The molecular formula is C21H19N3O5S. The van der Waals surface area contributed by atoms with Crippen LogP contribution in [0.3, 0.4) is 0 Å². The van der Waals surface area contributed by atoms with E-state index < -0.39 is 5.91 Å². The number of hydrogen-bond donors (Lipinski definition) is 3. The number of methoxy groups -OCH3 is 2. The largest absolute Gasteiger partial charge is 0.504 e. The van der Waals surface area contributed by atoms with Crippen LogP contribution in [0.5, 0.6) is 17.2 Å². The fourth-order valence-corrected chi connectivity index (χ4v) is 3.27. The normalized spacial score (nSPS) is 10.6. The summed E-state index contributed by atoms with van der Waals surface area (Å²) in [4.78, 5) is 25.4. The third-order valence-corrected chi connectivity index (χ3v) is 4.89. The SMILES string of the molecule is COc1cc(C=NNC(=O)c2ccccc2NC(=O)c2cccs2)cc(O)c1OC. The van der Waals surface area contributed by atoms with Crippen LogP contribution in [0, 0.1) is 0 Å². The summed E-state index contributed by atoms with van der Waals surface area (Å²) in [5.74, 6) is -0.389. The Morgan fingerprint density at radius 3 is 2.57 bits per heavy atom. The van der Waals surface area contributed by atoms with Gasteiger partial charge in [-0.15, -0.1) is 11.3 Å². The summed E-state index contributed by atoms with van der Waals surface area (Å²) < 4.78 is 10.2. The smallest absolute Gasteiger partial charge is 0.273 e. The number of aromatic hydroxyl groups is 1. The Labute approximate surface area is 176 Å². The lowest BCUT2D eigenvalue weighted by Crippen LogP contribution is -2.21. The van der Waals surface area contributed by atoms with Crippen LogP contribution in [0.1, 0.15) is 25.6 Å². The van der Waals surface area contributed by atoms with E-state index in [2.05, 4.69) is 15.8 Å². The van der Waals surface area contributed by atoms with Crippen LogP contribution in [0.15, 0.2) is 59.0 Å². The van der Waals surface area contributed by atoms with Crippen molar-refractivity contribution >= 4 is 35.1 Å². The predicted octanol–water partition coefficient (Wildman–Crippen LogP) is 3.49. The number of para-hydroxylation sites is 1. The standard InChI is InChI=1S/C21H19N3O5S/c1-28-17-11-13(10-16(25)19(17)29-2)12-22-24-20(26)14-6-3-4-7-15(14)23-21(27)18-8-5-9-30-18/h3-12,25H,1-2H3,(H,23,27)(H,24,26). The number of nitrogens with one attached hydrogen (secondary N) is 2. The highest BCUT2D eigenvalue weighted by Gasteiger charge is 2.14. The number of amides is 2. The molecule has 3 rings (SSSR count). The highest BCUT2D eigenvalue weighted by atomic mass is 32.1. The van der Waals surface area contributed by atoms with Crippen LogP contribution in [0.2, 0.25) is 0 Å². The molecule has 0 bridgehead atoms. The topological polar surface area (TPSA) is 109 Å². The highest BCUT2D eigenvalue weighted by molar-refractivity contribution is 7.12. The number of nitrogens with zero attached hydrogens (tertiary/aromatic N) is 1. The van der Waals surface area contributed by atoms with Crippen molar-refractivity contribution < 1.29 is 24.2 Å². The molecule has 30 heavy (non-hydrogen) atoms. The molecule has 0 saturated carbocycles. The third kappa shape index (κ3) is 4.76. The van der Waals surface area contributed by atoms with E-state index in [1.807, 2.05) is 0 Å². The summed E-state index contributed by atoms with van der Waals surface area (Å²) in [6, 6.07) is 13.1. The van der Waals surface area contributed by atoms with Gasteiger partial charge in [0.15, 0.2) is 11.5 Å². The van der Waals surface area contributed by atoms with Crippen molar-refractivity contribution in [2.45, 2.75) is 0 Å². The summed E-state index contributed by atoms with van der Waals surface area (Å²) in [6.45, 7) is 0. The molecule has 0 aliphatic rings. The molecule has 0 radical (unpaired) electrons. The van der Waals surface area contributed by atoms with Gasteiger partial charge in [0.1, 0.15) is 0 Å². The molecule has 8 nitrogen and oxygen atoms in total. The fourth-order valence-electron chi connectivity index (χ4n) is 2.65. The number of rotatable bonds is 7. The minimum atomic E-state index is -0.502. The van der Waals surface area contributed by atoms with Gasteiger partial charge in [0.25, 0.3) is 11.8 Å². The van der Waals surface area contributed by atoms with Crippen molar-refractivity contribution in [1.29, 1.82) is 0 Å². The Hall–Kier alpha value is -3.85. The Bertz CT molecular complexity index is 1080. The summed E-state index contributed by atoms with van der Waals surface area (Å²) in [5.41, 5.74) is 3.53. The van der Waals surface area contributed by atoms with E-state index in [-0.39, 0.29) is 23.0 Å². The molecule has 3 aromatic rings. The molecule has 0 spiro atoms. The number of hydrogen-bond acceptors (Lipinski definition) is 7. The van der Waals surface area contributed by atoms with Crippen LogP contribution < -0.4 is 20.2 Å². The molecule has 0 saturated heterocycles. The predicted molar refractivity (Wildman–Crippen MR) is 115 cm³/mol. The van der Waals surface area contributed by atoms with Crippen LogP contribution in [-0.4, -0.2) is 37.4 Å². The molecule has 0 fully saturated rings. The first-order chi connectivity index (χ1) is 14.5. The zero-order valence-corrected chi connectivity index (χ0v) is 17.0. The van der Waals surface area contributed by atoms with Gasteiger partial charge in [0, 0.05) is 5.56 Å². The highest BCUT2D eigenvalue weighted by Crippen LogP contribution is 2.36. The number of carbonyl (C=O) groups excluding carboxylic acids is 2. The molecule has 9 heteroatoms. The van der Waals surface area contributed by atoms with Gasteiger partial charge in [0.05, 0.1) is 36.6 Å². The van der Waals surface area contributed by atoms with E-state index in [1.165, 1.54) is 37.8 Å². The van der Waals surface area contributed by atoms with E-state index in [4.69, 9.17) is 9.47 Å². The minimum Gasteiger partial charge on any atom is -0.504 e. The van der Waals surface area contributed by atoms with E-state index in [9.17, 15) is 14.7 Å². The van der Waals surface area contributed by atoms with Crippen molar-refractivity contribution in [3.8, 4) is 17.2 Å². The number of ether oxygens (including phenoxy) is 2. The molecule has 3 N–H and O–H groups in total. The van der Waals surface area contributed by atoms with E-state index in [0.717, 1.165) is 0 Å². The first-order valence-corrected chi connectivity index (χ1v) is 9.63. The fraction of sp³-hybridized carbons (Fsp3) is 0.0952. The number of carbonyl (C=O) groups is 2. The average Bonchev–Trinajstić information content (AvgIpc) is 3.28. The maximum absolute atomic E-state index is 12.5. The van der Waals surface area contributed by atoms with Crippen molar-refractivity contribution in [3.05, 3.63) is 69.9 Å². The minimum absolute atomic E-state index is 0.119. The Balaban J connectivity index is 1.73. The zero-order valence-electron chi connectivity index (χ0n) is 16.2. The van der Waals surface area contributed by atoms with Crippen molar-refractivity contribution in [2.24, 2.45) is 5.10 Å². The van der Waals surface area contributed by atoms with Crippen LogP contribution in [0.25, 0.3) is 0 Å². The summed E-state index contributed by atoms with van der Waals surface area (Å²) in [6.07, 6.45) is 1.35. The molecule has 1 heterocycles. The lowest BCUT2D eigenvalue weighted by molar-refractivity contribution is 0.0956. The van der Waals surface area contributed by atoms with Gasteiger partial charge in [-0.25, -0.2) is 5.43 Å². The van der Waals surface area contributed by atoms with Crippen LogP contribution in [-0.2, 0) is 0 Å². The van der Waals surface area contributed by atoms with E-state index in [1.54, 1.807) is 47.8 Å². The third-order valence-electron chi connectivity index (χ3n) is 4.03. The first-order valence-electron chi connectivity index (χ1n) is 8.75. The monoisotopic (exact) mass is 425 g/mol. The second-order valence-corrected chi connectivity index (χ2v) is 6.90. The number of hydrazone groups is 1. The number of phenolic OH excluding ortho intramolecular Hbond substituents is 1. The molecule has 2 aromatic carbocycles. The van der Waals surface area contributed by atoms with Gasteiger partial charge >= 0.3 is 0 Å². The molecule has 2 amide bonds. The number of benzene rings is 2. The quantitative estimate of drug-likeness (QED) is 0.397. The van der Waals surface area contributed by atoms with Crippen molar-refractivity contribution in [2.75, 3.05) is 19.5 Å².